The molecule has 0 saturated carbocycles. The Morgan fingerprint density at radius 1 is 0.962 bits per heavy atom. The highest BCUT2D eigenvalue weighted by molar-refractivity contribution is 6.30. The molecule has 0 spiro atoms. The number of hydrogen-bond donors (Lipinski definition) is 1. The van der Waals surface area contributed by atoms with Gasteiger partial charge in [0.25, 0.3) is 5.69 Å². The Balaban J connectivity index is 1.73. The minimum Gasteiger partial charge on any atom is -0.378 e. The highest BCUT2D eigenvalue weighted by atomic mass is 35.5. The molecule has 0 aliphatic carbocycles. The first-order valence-corrected chi connectivity index (χ1v) is 8.85. The molecule has 1 N–H and O–H groups in total. The minimum atomic E-state index is -0.373. The van der Waals surface area contributed by atoms with Crippen molar-refractivity contribution in [2.45, 2.75) is 18.4 Å². The number of halogens is 1. The van der Waals surface area contributed by atoms with E-state index < -0.39 is 0 Å². The van der Waals surface area contributed by atoms with Crippen molar-refractivity contribution in [3.63, 3.8) is 0 Å². The Morgan fingerprint density at radius 3 is 2.38 bits per heavy atom. The second-order valence-electron chi connectivity index (χ2n) is 6.48. The normalized spacial score (nSPS) is 18.7. The summed E-state index contributed by atoms with van der Waals surface area (Å²) in [5, 5.41) is 15.2. The molecule has 0 bridgehead atoms. The largest absolute Gasteiger partial charge is 0.378 e. The van der Waals surface area contributed by atoms with Crippen LogP contribution in [-0.4, -0.2) is 4.92 Å². The van der Waals surface area contributed by atoms with E-state index in [2.05, 4.69) is 17.4 Å². The SMILES string of the molecule is O=[N+]([O-])c1ccc([C@@H]2C[C@H](c3ccccc3)c3cc(Cl)ccc3N2)cc1. The van der Waals surface area contributed by atoms with Crippen molar-refractivity contribution in [2.24, 2.45) is 0 Å². The lowest BCUT2D eigenvalue weighted by Crippen LogP contribution is -2.22. The van der Waals surface area contributed by atoms with E-state index in [1.165, 1.54) is 11.1 Å². The summed E-state index contributed by atoms with van der Waals surface area (Å²) in [5.74, 6) is 0.214. The third kappa shape index (κ3) is 3.16. The predicted molar refractivity (Wildman–Crippen MR) is 104 cm³/mol. The van der Waals surface area contributed by atoms with Crippen LogP contribution in [0.5, 0.6) is 0 Å². The van der Waals surface area contributed by atoms with E-state index in [1.807, 2.05) is 48.5 Å². The van der Waals surface area contributed by atoms with Gasteiger partial charge in [-0.1, -0.05) is 54.1 Å². The Kier molecular flexibility index (Phi) is 4.35. The molecule has 2 atom stereocenters. The standard InChI is InChI=1S/C21H17ClN2O2/c22-16-8-11-20-19(12-16)18(14-4-2-1-3-5-14)13-21(23-20)15-6-9-17(10-7-15)24(25)26/h1-12,18,21,23H,13H2/t18-,21+/m1/s1. The maximum Gasteiger partial charge on any atom is 0.269 e. The average Bonchev–Trinajstić information content (AvgIpc) is 2.68. The van der Waals surface area contributed by atoms with Crippen LogP contribution in [0.3, 0.4) is 0 Å². The number of fused-ring (bicyclic) bond motifs is 1. The predicted octanol–water partition coefficient (Wildman–Crippen LogP) is 5.94. The second kappa shape index (κ2) is 6.81. The van der Waals surface area contributed by atoms with Crippen LogP contribution in [-0.2, 0) is 0 Å². The number of nitrogens with one attached hydrogen (secondary N) is 1. The van der Waals surface area contributed by atoms with Gasteiger partial charge in [0.1, 0.15) is 0 Å². The van der Waals surface area contributed by atoms with Crippen LogP contribution in [0.4, 0.5) is 11.4 Å². The molecule has 4 nitrogen and oxygen atoms in total. The Labute approximate surface area is 156 Å². The van der Waals surface area contributed by atoms with Gasteiger partial charge in [-0.2, -0.15) is 0 Å². The average molecular weight is 365 g/mol. The van der Waals surface area contributed by atoms with Crippen LogP contribution < -0.4 is 5.32 Å². The van der Waals surface area contributed by atoms with E-state index in [9.17, 15) is 10.1 Å². The fraction of sp³-hybridized carbons (Fsp3) is 0.143. The summed E-state index contributed by atoms with van der Waals surface area (Å²) in [5.41, 5.74) is 4.62. The molecular weight excluding hydrogens is 348 g/mol. The minimum absolute atomic E-state index is 0.0784. The van der Waals surface area contributed by atoms with Crippen molar-refractivity contribution >= 4 is 23.0 Å². The maximum atomic E-state index is 10.9. The number of nitro groups is 1. The number of anilines is 1. The lowest BCUT2D eigenvalue weighted by molar-refractivity contribution is -0.384. The number of hydrogen-bond acceptors (Lipinski definition) is 3. The van der Waals surface area contributed by atoms with Gasteiger partial charge in [-0.25, -0.2) is 0 Å². The molecule has 3 aromatic rings. The van der Waals surface area contributed by atoms with Crippen LogP contribution in [0.2, 0.25) is 5.02 Å². The maximum absolute atomic E-state index is 10.9. The number of nitrogens with zero attached hydrogens (tertiary/aromatic N) is 1. The summed E-state index contributed by atoms with van der Waals surface area (Å²) in [6.45, 7) is 0. The first kappa shape index (κ1) is 16.6. The van der Waals surface area contributed by atoms with Gasteiger partial charge in [0.05, 0.1) is 11.0 Å². The van der Waals surface area contributed by atoms with Crippen molar-refractivity contribution in [1.82, 2.24) is 0 Å². The number of nitro benzene ring substituents is 1. The summed E-state index contributed by atoms with van der Waals surface area (Å²) in [6.07, 6.45) is 0.856. The lowest BCUT2D eigenvalue weighted by Gasteiger charge is -2.34. The summed E-state index contributed by atoms with van der Waals surface area (Å²) in [7, 11) is 0. The van der Waals surface area contributed by atoms with E-state index >= 15 is 0 Å². The van der Waals surface area contributed by atoms with E-state index in [0.29, 0.717) is 0 Å². The van der Waals surface area contributed by atoms with Crippen molar-refractivity contribution in [3.8, 4) is 0 Å². The van der Waals surface area contributed by atoms with Gasteiger partial charge >= 0.3 is 0 Å². The molecule has 0 saturated heterocycles. The molecule has 0 unspecified atom stereocenters. The third-order valence-electron chi connectivity index (χ3n) is 4.90. The van der Waals surface area contributed by atoms with Crippen LogP contribution >= 0.6 is 11.6 Å². The molecule has 4 rings (SSSR count). The number of non-ortho nitro benzene ring substituents is 1. The van der Waals surface area contributed by atoms with Crippen LogP contribution in [0.1, 0.15) is 35.1 Å². The van der Waals surface area contributed by atoms with Gasteiger partial charge < -0.3 is 5.32 Å². The molecule has 130 valence electrons. The summed E-state index contributed by atoms with van der Waals surface area (Å²) in [4.78, 5) is 10.5. The fourth-order valence-corrected chi connectivity index (χ4v) is 3.79. The van der Waals surface area contributed by atoms with Crippen molar-refractivity contribution in [3.05, 3.63) is 105 Å². The summed E-state index contributed by atoms with van der Waals surface area (Å²) < 4.78 is 0. The Morgan fingerprint density at radius 2 is 1.69 bits per heavy atom. The molecular formula is C21H17ClN2O2. The molecule has 0 aromatic heterocycles. The molecule has 0 amide bonds. The van der Waals surface area contributed by atoms with Gasteiger partial charge in [0, 0.05) is 28.8 Å². The summed E-state index contributed by atoms with van der Waals surface area (Å²) in [6, 6.07) is 23.1. The fourth-order valence-electron chi connectivity index (χ4n) is 3.61. The molecule has 0 fully saturated rings. The Bertz CT molecular complexity index is 942. The van der Waals surface area contributed by atoms with Crippen molar-refractivity contribution in [1.29, 1.82) is 0 Å². The van der Waals surface area contributed by atoms with Gasteiger partial charge in [-0.3, -0.25) is 10.1 Å². The zero-order chi connectivity index (χ0) is 18.1. The molecule has 1 aliphatic rings. The quantitative estimate of drug-likeness (QED) is 0.462. The smallest absolute Gasteiger partial charge is 0.269 e. The zero-order valence-corrected chi connectivity index (χ0v) is 14.7. The first-order valence-electron chi connectivity index (χ1n) is 8.47. The van der Waals surface area contributed by atoms with E-state index in [-0.39, 0.29) is 22.6 Å². The van der Waals surface area contributed by atoms with E-state index in [4.69, 9.17) is 11.6 Å². The Hall–Kier alpha value is -2.85. The monoisotopic (exact) mass is 364 g/mol. The molecule has 0 radical (unpaired) electrons. The molecule has 5 heteroatoms. The highest BCUT2D eigenvalue weighted by Crippen LogP contribution is 2.44. The van der Waals surface area contributed by atoms with E-state index in [1.54, 1.807) is 12.1 Å². The molecule has 26 heavy (non-hydrogen) atoms. The third-order valence-corrected chi connectivity index (χ3v) is 5.13. The van der Waals surface area contributed by atoms with Crippen LogP contribution in [0.15, 0.2) is 72.8 Å². The van der Waals surface area contributed by atoms with Crippen molar-refractivity contribution < 1.29 is 4.92 Å². The van der Waals surface area contributed by atoms with Crippen LogP contribution in [0.25, 0.3) is 0 Å². The van der Waals surface area contributed by atoms with Gasteiger partial charge in [-0.05, 0) is 41.3 Å². The van der Waals surface area contributed by atoms with E-state index in [0.717, 1.165) is 22.7 Å². The van der Waals surface area contributed by atoms with Gasteiger partial charge in [-0.15, -0.1) is 0 Å². The second-order valence-corrected chi connectivity index (χ2v) is 6.91. The van der Waals surface area contributed by atoms with Gasteiger partial charge in [0.2, 0.25) is 0 Å². The van der Waals surface area contributed by atoms with Gasteiger partial charge in [0.15, 0.2) is 0 Å². The zero-order valence-electron chi connectivity index (χ0n) is 13.9. The number of rotatable bonds is 3. The number of benzene rings is 3. The lowest BCUT2D eigenvalue weighted by atomic mass is 9.80. The first-order chi connectivity index (χ1) is 12.6. The highest BCUT2D eigenvalue weighted by Gasteiger charge is 2.29. The molecule has 1 aliphatic heterocycles. The van der Waals surface area contributed by atoms with Crippen LogP contribution in [0, 0.1) is 10.1 Å². The van der Waals surface area contributed by atoms with Crippen molar-refractivity contribution in [2.75, 3.05) is 5.32 Å². The molecule has 3 aromatic carbocycles. The topological polar surface area (TPSA) is 55.2 Å². The summed E-state index contributed by atoms with van der Waals surface area (Å²) >= 11 is 6.24. The molecule has 1 heterocycles.